The predicted molar refractivity (Wildman–Crippen MR) is 181 cm³/mol. The summed E-state index contributed by atoms with van der Waals surface area (Å²) in [6.07, 6.45) is 0. The van der Waals surface area contributed by atoms with Crippen LogP contribution in [0.1, 0.15) is 63.7 Å². The maximum Gasteiger partial charge on any atom is 0.347 e. The first-order chi connectivity index (χ1) is 24.4. The van der Waals surface area contributed by atoms with Crippen molar-refractivity contribution in [3.63, 3.8) is 0 Å². The second kappa shape index (κ2) is 11.3. The zero-order chi connectivity index (χ0) is 34.0. The van der Waals surface area contributed by atoms with E-state index in [1.807, 2.05) is 72.8 Å². The van der Waals surface area contributed by atoms with E-state index < -0.39 is 29.3 Å². The smallest absolute Gasteiger partial charge is 0.347 e. The van der Waals surface area contributed by atoms with Gasteiger partial charge < -0.3 is 18.9 Å². The minimum atomic E-state index is -0.717. The van der Waals surface area contributed by atoms with Crippen molar-refractivity contribution in [3.05, 3.63) is 178 Å². The van der Waals surface area contributed by atoms with Crippen molar-refractivity contribution in [1.29, 1.82) is 0 Å². The molecule has 0 fully saturated rings. The van der Waals surface area contributed by atoms with Crippen molar-refractivity contribution >= 4 is 35.6 Å². The number of carbonyl (C=O) groups is 4. The number of rotatable bonds is 6. The summed E-state index contributed by atoms with van der Waals surface area (Å²) >= 11 is 1.73. The number of fused-ring (bicyclic) bond motifs is 4. The molecule has 0 bridgehead atoms. The van der Waals surface area contributed by atoms with Gasteiger partial charge in [0.2, 0.25) is 0 Å². The summed E-state index contributed by atoms with van der Waals surface area (Å²) in [6.45, 7) is 0. The molecule has 50 heavy (non-hydrogen) atoms. The van der Waals surface area contributed by atoms with Crippen LogP contribution < -0.4 is 9.47 Å². The van der Waals surface area contributed by atoms with Crippen LogP contribution in [-0.2, 0) is 14.9 Å². The first kappa shape index (κ1) is 29.7. The van der Waals surface area contributed by atoms with Gasteiger partial charge in [0.05, 0.1) is 27.7 Å². The summed E-state index contributed by atoms with van der Waals surface area (Å²) in [5, 5.41) is 0. The molecule has 3 aliphatic rings. The molecule has 9 heteroatoms. The van der Waals surface area contributed by atoms with E-state index in [0.717, 1.165) is 32.0 Å². The van der Waals surface area contributed by atoms with Crippen molar-refractivity contribution in [3.8, 4) is 23.0 Å². The maximum atomic E-state index is 12.1. The van der Waals surface area contributed by atoms with Crippen LogP contribution in [0.5, 0.6) is 23.0 Å². The number of carbonyl (C=O) groups excluding carboxylic acids is 4. The van der Waals surface area contributed by atoms with Crippen molar-refractivity contribution in [1.82, 2.24) is 0 Å². The quantitative estimate of drug-likeness (QED) is 0.126. The lowest BCUT2D eigenvalue weighted by Gasteiger charge is -2.42. The molecule has 0 atom stereocenters. The van der Waals surface area contributed by atoms with Gasteiger partial charge in [0.1, 0.15) is 23.0 Å². The van der Waals surface area contributed by atoms with Crippen LogP contribution >= 0.6 is 11.8 Å². The number of benzene rings is 6. The third kappa shape index (κ3) is 4.62. The summed E-state index contributed by atoms with van der Waals surface area (Å²) in [6, 6.07) is 41.8. The Morgan fingerprint density at radius 1 is 0.420 bits per heavy atom. The molecule has 0 unspecified atom stereocenters. The van der Waals surface area contributed by atoms with E-state index in [-0.39, 0.29) is 22.3 Å². The van der Waals surface area contributed by atoms with Crippen LogP contribution in [0.3, 0.4) is 0 Å². The SMILES string of the molecule is O=C1OC(=O)c2cc(Oc3ccc(C4(c5ccc(Oc6ccc7c(c6)C(=O)OC7=O)cc5)c5ccccc5Sc5ccccc54)cc3)ccc21. The molecule has 8 nitrogen and oxygen atoms in total. The number of hydrogen-bond acceptors (Lipinski definition) is 9. The average Bonchev–Trinajstić information content (AvgIpc) is 3.59. The van der Waals surface area contributed by atoms with Gasteiger partial charge in [-0.05, 0) is 95.1 Å². The summed E-state index contributed by atoms with van der Waals surface area (Å²) < 4.78 is 21.7. The molecule has 0 amide bonds. The Labute approximate surface area is 289 Å². The highest BCUT2D eigenvalue weighted by Crippen LogP contribution is 2.56. The van der Waals surface area contributed by atoms with Gasteiger partial charge in [-0.3, -0.25) is 0 Å². The van der Waals surface area contributed by atoms with E-state index in [0.29, 0.717) is 23.0 Å². The second-order valence-corrected chi connectivity index (χ2v) is 12.9. The lowest BCUT2D eigenvalue weighted by Crippen LogP contribution is -2.34. The zero-order valence-corrected chi connectivity index (χ0v) is 26.7. The molecule has 240 valence electrons. The molecule has 6 aromatic carbocycles. The van der Waals surface area contributed by atoms with Crippen molar-refractivity contribution in [2.45, 2.75) is 15.2 Å². The van der Waals surface area contributed by atoms with Gasteiger partial charge in [-0.2, -0.15) is 0 Å². The van der Waals surface area contributed by atoms with Gasteiger partial charge in [0, 0.05) is 9.79 Å². The summed E-state index contributed by atoms with van der Waals surface area (Å²) in [5.41, 5.74) is 4.32. The Morgan fingerprint density at radius 3 is 1.24 bits per heavy atom. The molecule has 0 spiro atoms. The lowest BCUT2D eigenvalue weighted by molar-refractivity contribution is 0.0425. The third-order valence-corrected chi connectivity index (χ3v) is 10.2. The number of ether oxygens (including phenoxy) is 4. The third-order valence-electron chi connectivity index (χ3n) is 9.08. The topological polar surface area (TPSA) is 105 Å². The van der Waals surface area contributed by atoms with Crippen molar-refractivity contribution < 1.29 is 38.1 Å². The fraction of sp³-hybridized carbons (Fsp3) is 0.0244. The summed E-state index contributed by atoms with van der Waals surface area (Å²) in [5.74, 6) is -0.784. The molecule has 3 aliphatic heterocycles. The van der Waals surface area contributed by atoms with E-state index in [4.69, 9.17) is 18.9 Å². The van der Waals surface area contributed by atoms with Crippen LogP contribution in [-0.4, -0.2) is 23.9 Å². The molecule has 0 saturated heterocycles. The Kier molecular flexibility index (Phi) is 6.72. The van der Waals surface area contributed by atoms with Crippen LogP contribution in [0.15, 0.2) is 143 Å². The normalized spacial score (nSPS) is 15.0. The zero-order valence-electron chi connectivity index (χ0n) is 25.9. The first-order valence-electron chi connectivity index (χ1n) is 15.6. The van der Waals surface area contributed by atoms with Gasteiger partial charge in [-0.1, -0.05) is 72.4 Å². The Balaban J connectivity index is 1.12. The van der Waals surface area contributed by atoms with Crippen molar-refractivity contribution in [2.75, 3.05) is 0 Å². The Bertz CT molecular complexity index is 2260. The van der Waals surface area contributed by atoms with E-state index in [2.05, 4.69) is 24.3 Å². The molecule has 0 radical (unpaired) electrons. The van der Waals surface area contributed by atoms with Crippen LogP contribution in [0.25, 0.3) is 0 Å². The average molecular weight is 675 g/mol. The van der Waals surface area contributed by atoms with Gasteiger partial charge in [0.25, 0.3) is 0 Å². The number of esters is 4. The highest BCUT2D eigenvalue weighted by atomic mass is 32.2. The fourth-order valence-corrected chi connectivity index (χ4v) is 8.05. The van der Waals surface area contributed by atoms with Crippen LogP contribution in [0.4, 0.5) is 0 Å². The van der Waals surface area contributed by atoms with Gasteiger partial charge in [-0.15, -0.1) is 0 Å². The molecular formula is C41H22O8S. The summed E-state index contributed by atoms with van der Waals surface area (Å²) in [4.78, 5) is 50.3. The Hall–Kier alpha value is -6.45. The van der Waals surface area contributed by atoms with E-state index in [9.17, 15) is 19.2 Å². The Morgan fingerprint density at radius 2 is 0.800 bits per heavy atom. The van der Waals surface area contributed by atoms with E-state index >= 15 is 0 Å². The molecule has 0 N–H and O–H groups in total. The number of cyclic esters (lactones) is 4. The predicted octanol–water partition coefficient (Wildman–Crippen LogP) is 8.74. The molecule has 0 aliphatic carbocycles. The highest BCUT2D eigenvalue weighted by Gasteiger charge is 2.44. The second-order valence-electron chi connectivity index (χ2n) is 11.9. The van der Waals surface area contributed by atoms with E-state index in [1.165, 1.54) is 24.3 Å². The molecule has 3 heterocycles. The summed E-state index contributed by atoms with van der Waals surface area (Å²) in [7, 11) is 0. The van der Waals surface area contributed by atoms with Crippen molar-refractivity contribution in [2.24, 2.45) is 0 Å². The largest absolute Gasteiger partial charge is 0.457 e. The molecule has 9 rings (SSSR count). The standard InChI is InChI=1S/C41H22O8S/c42-37-29-19-17-27(21-31(29)39(44)48-37)46-25-13-9-23(10-14-25)41(33-5-1-3-7-35(33)50-36-8-4-2-6-34(36)41)24-11-15-26(16-12-24)47-28-18-20-30-32(22-28)40(45)49-38(30)43/h1-22H. The van der Waals surface area contributed by atoms with Gasteiger partial charge >= 0.3 is 23.9 Å². The number of hydrogen-bond donors (Lipinski definition) is 0. The molecule has 6 aromatic rings. The monoisotopic (exact) mass is 674 g/mol. The fourth-order valence-electron chi connectivity index (χ4n) is 6.86. The maximum absolute atomic E-state index is 12.1. The highest BCUT2D eigenvalue weighted by molar-refractivity contribution is 7.99. The molecule has 0 saturated carbocycles. The molecular weight excluding hydrogens is 653 g/mol. The van der Waals surface area contributed by atoms with Gasteiger partial charge in [0.15, 0.2) is 0 Å². The minimum absolute atomic E-state index is 0.178. The molecule has 0 aromatic heterocycles. The lowest BCUT2D eigenvalue weighted by atomic mass is 9.65. The minimum Gasteiger partial charge on any atom is -0.457 e. The van der Waals surface area contributed by atoms with Crippen LogP contribution in [0.2, 0.25) is 0 Å². The van der Waals surface area contributed by atoms with E-state index in [1.54, 1.807) is 23.9 Å². The first-order valence-corrected chi connectivity index (χ1v) is 16.4. The van der Waals surface area contributed by atoms with Gasteiger partial charge in [-0.25, -0.2) is 19.2 Å². The van der Waals surface area contributed by atoms with Crippen LogP contribution in [0, 0.1) is 0 Å².